The first-order valence-electron chi connectivity index (χ1n) is 7.57. The van der Waals surface area contributed by atoms with Crippen molar-refractivity contribution in [2.75, 3.05) is 18.5 Å². The summed E-state index contributed by atoms with van der Waals surface area (Å²) in [4.78, 5) is 16.5. The van der Waals surface area contributed by atoms with Crippen LogP contribution in [-0.4, -0.2) is 30.4 Å². The maximum Gasteiger partial charge on any atom is 0.244 e. The molecule has 23 heavy (non-hydrogen) atoms. The highest BCUT2D eigenvalue weighted by molar-refractivity contribution is 6.33. The number of nitrogens with zero attached hydrogens (tertiary/aromatic N) is 2. The summed E-state index contributed by atoms with van der Waals surface area (Å²) in [5.74, 6) is -0.194. The third-order valence-electron chi connectivity index (χ3n) is 4.20. The first-order valence-corrected chi connectivity index (χ1v) is 7.94. The first kappa shape index (κ1) is 16.0. The fourth-order valence-corrected chi connectivity index (χ4v) is 3.21. The summed E-state index contributed by atoms with van der Waals surface area (Å²) in [5, 5.41) is 0.586. The molecule has 0 radical (unpaired) electrons. The maximum absolute atomic E-state index is 13.0. The minimum Gasteiger partial charge on any atom is -0.310 e. The van der Waals surface area contributed by atoms with Gasteiger partial charge >= 0.3 is 0 Å². The van der Waals surface area contributed by atoms with E-state index < -0.39 is 0 Å². The number of carbonyl (C=O) groups is 1. The van der Waals surface area contributed by atoms with Gasteiger partial charge in [0.1, 0.15) is 5.82 Å². The van der Waals surface area contributed by atoms with Gasteiger partial charge < -0.3 is 4.90 Å². The Morgan fingerprint density at radius 1 is 1.22 bits per heavy atom. The lowest BCUT2D eigenvalue weighted by atomic mass is 10.1. The summed E-state index contributed by atoms with van der Waals surface area (Å²) >= 11 is 6.20. The average Bonchev–Trinajstić information content (AvgIpc) is 2.92. The number of hydrogen-bond acceptors (Lipinski definition) is 2. The molecule has 5 heteroatoms. The van der Waals surface area contributed by atoms with E-state index >= 15 is 0 Å². The van der Waals surface area contributed by atoms with Gasteiger partial charge in [-0.15, -0.1) is 0 Å². The summed E-state index contributed by atoms with van der Waals surface area (Å²) in [6.45, 7) is 1.26. The van der Waals surface area contributed by atoms with E-state index in [-0.39, 0.29) is 17.8 Å². The van der Waals surface area contributed by atoms with Gasteiger partial charge in [-0.25, -0.2) is 4.39 Å². The number of amides is 1. The summed E-state index contributed by atoms with van der Waals surface area (Å²) < 4.78 is 13.0. The third kappa shape index (κ3) is 3.38. The zero-order chi connectivity index (χ0) is 16.4. The lowest BCUT2D eigenvalue weighted by Crippen LogP contribution is -2.39. The highest BCUT2D eigenvalue weighted by Gasteiger charge is 2.35. The van der Waals surface area contributed by atoms with Gasteiger partial charge in [0.25, 0.3) is 0 Å². The average molecular weight is 333 g/mol. The third-order valence-corrected chi connectivity index (χ3v) is 4.52. The van der Waals surface area contributed by atoms with Crippen molar-refractivity contribution in [1.29, 1.82) is 0 Å². The van der Waals surface area contributed by atoms with Crippen LogP contribution < -0.4 is 4.90 Å². The molecule has 120 valence electrons. The Hall–Kier alpha value is -1.91. The molecule has 1 aliphatic heterocycles. The molecular formula is C18H18ClFN2O. The molecule has 3 nitrogen and oxygen atoms in total. The minimum atomic E-state index is -0.252. The van der Waals surface area contributed by atoms with E-state index in [0.717, 1.165) is 17.7 Å². The van der Waals surface area contributed by atoms with E-state index in [0.29, 0.717) is 18.1 Å². The Morgan fingerprint density at radius 2 is 1.91 bits per heavy atom. The van der Waals surface area contributed by atoms with Crippen molar-refractivity contribution in [3.63, 3.8) is 0 Å². The number of benzene rings is 2. The molecule has 1 fully saturated rings. The zero-order valence-electron chi connectivity index (χ0n) is 12.9. The highest BCUT2D eigenvalue weighted by Crippen LogP contribution is 2.30. The molecule has 1 saturated heterocycles. The number of rotatable bonds is 4. The molecule has 1 atom stereocenters. The molecule has 1 aliphatic rings. The van der Waals surface area contributed by atoms with Crippen LogP contribution in [0.3, 0.4) is 0 Å². The normalized spacial score (nSPS) is 18.0. The molecule has 2 aromatic carbocycles. The molecular weight excluding hydrogens is 315 g/mol. The topological polar surface area (TPSA) is 23.6 Å². The maximum atomic E-state index is 13.0. The van der Waals surface area contributed by atoms with Gasteiger partial charge in [0.15, 0.2) is 0 Å². The number of anilines is 1. The Kier molecular flexibility index (Phi) is 4.64. The zero-order valence-corrected chi connectivity index (χ0v) is 13.6. The molecule has 1 amide bonds. The second kappa shape index (κ2) is 6.69. The molecule has 0 aliphatic carbocycles. The van der Waals surface area contributed by atoms with E-state index in [1.165, 1.54) is 12.1 Å². The summed E-state index contributed by atoms with van der Waals surface area (Å²) in [6.07, 6.45) is 0.752. The van der Waals surface area contributed by atoms with Crippen LogP contribution in [0.15, 0.2) is 48.5 Å². The molecule has 0 aromatic heterocycles. The van der Waals surface area contributed by atoms with Gasteiger partial charge in [-0.3, -0.25) is 9.69 Å². The molecule has 0 bridgehead atoms. The van der Waals surface area contributed by atoms with Gasteiger partial charge in [-0.2, -0.15) is 0 Å². The lowest BCUT2D eigenvalue weighted by molar-refractivity contribution is -0.121. The minimum absolute atomic E-state index is 0.0581. The van der Waals surface area contributed by atoms with Crippen molar-refractivity contribution >= 4 is 23.2 Å². The molecule has 1 heterocycles. The highest BCUT2D eigenvalue weighted by atomic mass is 35.5. The second-order valence-electron chi connectivity index (χ2n) is 5.79. The molecule has 0 saturated carbocycles. The van der Waals surface area contributed by atoms with Gasteiger partial charge in [0.05, 0.1) is 16.8 Å². The van der Waals surface area contributed by atoms with E-state index in [4.69, 9.17) is 11.6 Å². The van der Waals surface area contributed by atoms with Crippen molar-refractivity contribution in [2.45, 2.75) is 19.0 Å². The summed E-state index contributed by atoms with van der Waals surface area (Å²) in [5.41, 5.74) is 1.75. The van der Waals surface area contributed by atoms with Crippen LogP contribution >= 0.6 is 11.6 Å². The van der Waals surface area contributed by atoms with Crippen LogP contribution in [0.25, 0.3) is 0 Å². The Labute approximate surface area is 140 Å². The number of carbonyl (C=O) groups excluding carboxylic acids is 1. The molecule has 0 unspecified atom stereocenters. The summed E-state index contributed by atoms with van der Waals surface area (Å²) in [7, 11) is 1.92. The number of halogens is 2. The van der Waals surface area contributed by atoms with Crippen LogP contribution in [0.1, 0.15) is 12.0 Å². The second-order valence-corrected chi connectivity index (χ2v) is 6.19. The molecule has 0 N–H and O–H groups in total. The fraction of sp³-hybridized carbons (Fsp3) is 0.278. The van der Waals surface area contributed by atoms with Crippen molar-refractivity contribution in [3.8, 4) is 0 Å². The van der Waals surface area contributed by atoms with E-state index in [1.807, 2.05) is 30.1 Å². The number of para-hydroxylation sites is 1. The van der Waals surface area contributed by atoms with Gasteiger partial charge in [-0.05, 0) is 43.3 Å². The van der Waals surface area contributed by atoms with Crippen molar-refractivity contribution in [2.24, 2.45) is 0 Å². The SMILES string of the molecule is CN(Cc1ccc(F)cc1)[C@H]1CCN(c2ccccc2Cl)C1=O. The van der Waals surface area contributed by atoms with E-state index in [1.54, 1.807) is 23.1 Å². The van der Waals surface area contributed by atoms with Crippen LogP contribution in [0, 0.1) is 5.82 Å². The van der Waals surface area contributed by atoms with Crippen LogP contribution in [0.2, 0.25) is 5.02 Å². The number of likely N-dealkylation sites (N-methyl/N-ethyl adjacent to an activating group) is 1. The number of hydrogen-bond donors (Lipinski definition) is 0. The Bertz CT molecular complexity index is 704. The monoisotopic (exact) mass is 332 g/mol. The quantitative estimate of drug-likeness (QED) is 0.852. The predicted octanol–water partition coefficient (Wildman–Crippen LogP) is 3.72. The van der Waals surface area contributed by atoms with E-state index in [9.17, 15) is 9.18 Å². The van der Waals surface area contributed by atoms with Crippen LogP contribution in [0.5, 0.6) is 0 Å². The van der Waals surface area contributed by atoms with Crippen molar-refractivity contribution in [1.82, 2.24) is 4.90 Å². The van der Waals surface area contributed by atoms with E-state index in [2.05, 4.69) is 0 Å². The largest absolute Gasteiger partial charge is 0.310 e. The van der Waals surface area contributed by atoms with Crippen LogP contribution in [0.4, 0.5) is 10.1 Å². The molecule has 3 rings (SSSR count). The Balaban J connectivity index is 1.71. The van der Waals surface area contributed by atoms with Crippen LogP contribution in [-0.2, 0) is 11.3 Å². The lowest BCUT2D eigenvalue weighted by Gasteiger charge is -2.24. The van der Waals surface area contributed by atoms with Gasteiger partial charge in [-0.1, -0.05) is 35.9 Å². The van der Waals surface area contributed by atoms with Crippen molar-refractivity contribution in [3.05, 3.63) is 64.9 Å². The van der Waals surface area contributed by atoms with Gasteiger partial charge in [0, 0.05) is 13.1 Å². The summed E-state index contributed by atoms with van der Waals surface area (Å²) in [6, 6.07) is 13.6. The standard InChI is InChI=1S/C18H18ClFN2O/c1-21(12-13-6-8-14(20)9-7-13)17-10-11-22(18(17)23)16-5-3-2-4-15(16)19/h2-9,17H,10-12H2,1H3/t17-/m0/s1. The smallest absolute Gasteiger partial charge is 0.244 e. The first-order chi connectivity index (χ1) is 11.1. The predicted molar refractivity (Wildman–Crippen MR) is 90.1 cm³/mol. The molecule has 2 aromatic rings. The van der Waals surface area contributed by atoms with Gasteiger partial charge in [0.2, 0.25) is 5.91 Å². The fourth-order valence-electron chi connectivity index (χ4n) is 2.97. The molecule has 0 spiro atoms. The van der Waals surface area contributed by atoms with Crippen molar-refractivity contribution < 1.29 is 9.18 Å². The Morgan fingerprint density at radius 3 is 2.61 bits per heavy atom.